The van der Waals surface area contributed by atoms with Gasteiger partial charge in [0, 0.05) is 16.6 Å². The first kappa shape index (κ1) is 17.7. The lowest BCUT2D eigenvalue weighted by molar-refractivity contribution is -0.144. The van der Waals surface area contributed by atoms with Crippen molar-refractivity contribution in [3.63, 3.8) is 0 Å². The lowest BCUT2D eigenvalue weighted by atomic mass is 9.87. The topological polar surface area (TPSA) is 55.4 Å². The molecule has 0 aliphatic heterocycles. The molecule has 0 saturated heterocycles. The Balaban J connectivity index is 1.70. The van der Waals surface area contributed by atoms with Gasteiger partial charge in [-0.25, -0.2) is 4.79 Å². The number of rotatable bonds is 5. The highest BCUT2D eigenvalue weighted by Gasteiger charge is 2.19. The number of benzene rings is 1. The van der Waals surface area contributed by atoms with Gasteiger partial charge in [0.1, 0.15) is 0 Å². The van der Waals surface area contributed by atoms with Gasteiger partial charge in [-0.1, -0.05) is 35.0 Å². The molecule has 1 aliphatic rings. The molecule has 1 amide bonds. The highest BCUT2D eigenvalue weighted by atomic mass is 79.9. The van der Waals surface area contributed by atoms with E-state index in [0.29, 0.717) is 0 Å². The van der Waals surface area contributed by atoms with Crippen molar-refractivity contribution in [3.05, 3.63) is 40.4 Å². The molecule has 0 spiro atoms. The molecule has 1 fully saturated rings. The molecule has 0 unspecified atom stereocenters. The normalized spacial score (nSPS) is 21.1. The SMILES string of the molecule is CC1CCC(NC(=O)COC(=O)/C=C/c2cccc(Br)c2)CC1. The summed E-state index contributed by atoms with van der Waals surface area (Å²) in [4.78, 5) is 23.4. The summed E-state index contributed by atoms with van der Waals surface area (Å²) in [5.74, 6) is -0.00436. The van der Waals surface area contributed by atoms with Crippen molar-refractivity contribution in [2.45, 2.75) is 38.6 Å². The van der Waals surface area contributed by atoms with Crippen molar-refractivity contribution < 1.29 is 14.3 Å². The van der Waals surface area contributed by atoms with E-state index >= 15 is 0 Å². The van der Waals surface area contributed by atoms with Crippen LogP contribution in [0.25, 0.3) is 6.08 Å². The van der Waals surface area contributed by atoms with Gasteiger partial charge >= 0.3 is 5.97 Å². The van der Waals surface area contributed by atoms with Gasteiger partial charge in [0.15, 0.2) is 6.61 Å². The standard InChI is InChI=1S/C18H22BrNO3/c1-13-5-8-16(9-6-13)20-17(21)12-23-18(22)10-7-14-3-2-4-15(19)11-14/h2-4,7,10-11,13,16H,5-6,8-9,12H2,1H3,(H,20,21)/b10-7+. The average molecular weight is 380 g/mol. The molecular formula is C18H22BrNO3. The van der Waals surface area contributed by atoms with Gasteiger partial charge in [-0.3, -0.25) is 4.79 Å². The van der Waals surface area contributed by atoms with Gasteiger partial charge in [0.25, 0.3) is 5.91 Å². The molecule has 5 heteroatoms. The maximum Gasteiger partial charge on any atom is 0.331 e. The molecule has 23 heavy (non-hydrogen) atoms. The van der Waals surface area contributed by atoms with Gasteiger partial charge in [0.05, 0.1) is 0 Å². The molecule has 0 atom stereocenters. The molecule has 1 saturated carbocycles. The van der Waals surface area contributed by atoms with Crippen molar-refractivity contribution in [2.75, 3.05) is 6.61 Å². The van der Waals surface area contributed by atoms with Crippen LogP contribution < -0.4 is 5.32 Å². The molecule has 1 aromatic rings. The molecule has 1 N–H and O–H groups in total. The number of carbonyl (C=O) groups is 2. The third-order valence-corrected chi connectivity index (χ3v) is 4.48. The van der Waals surface area contributed by atoms with Gasteiger partial charge in [-0.2, -0.15) is 0 Å². The van der Waals surface area contributed by atoms with Crippen LogP contribution in [0.5, 0.6) is 0 Å². The van der Waals surface area contributed by atoms with Crippen molar-refractivity contribution in [1.82, 2.24) is 5.32 Å². The molecule has 0 bridgehead atoms. The van der Waals surface area contributed by atoms with Crippen LogP contribution in [0.1, 0.15) is 38.2 Å². The molecule has 1 aromatic carbocycles. The first-order chi connectivity index (χ1) is 11.0. The van der Waals surface area contributed by atoms with Gasteiger partial charge < -0.3 is 10.1 Å². The Kier molecular flexibility index (Phi) is 6.84. The number of esters is 1. The lowest BCUT2D eigenvalue weighted by Gasteiger charge is -2.26. The van der Waals surface area contributed by atoms with Crippen LogP contribution in [-0.2, 0) is 14.3 Å². The number of halogens is 1. The van der Waals surface area contributed by atoms with E-state index in [1.165, 1.54) is 6.08 Å². The Morgan fingerprint density at radius 2 is 2.04 bits per heavy atom. The van der Waals surface area contributed by atoms with E-state index < -0.39 is 5.97 Å². The minimum absolute atomic E-state index is 0.217. The van der Waals surface area contributed by atoms with Crippen LogP contribution in [0.3, 0.4) is 0 Å². The second-order valence-corrected chi connectivity index (χ2v) is 6.94. The van der Waals surface area contributed by atoms with Crippen LogP contribution in [0.2, 0.25) is 0 Å². The predicted octanol–water partition coefficient (Wildman–Crippen LogP) is 3.70. The fraction of sp³-hybridized carbons (Fsp3) is 0.444. The van der Waals surface area contributed by atoms with Gasteiger partial charge in [0.2, 0.25) is 0 Å². The summed E-state index contributed by atoms with van der Waals surface area (Å²) in [6.45, 7) is 2.01. The number of ether oxygens (including phenoxy) is 1. The zero-order valence-corrected chi connectivity index (χ0v) is 14.8. The fourth-order valence-corrected chi connectivity index (χ4v) is 3.05. The third kappa shape index (κ3) is 6.57. The molecule has 1 aliphatic carbocycles. The van der Waals surface area contributed by atoms with E-state index in [2.05, 4.69) is 28.2 Å². The van der Waals surface area contributed by atoms with Crippen LogP contribution in [0.15, 0.2) is 34.8 Å². The van der Waals surface area contributed by atoms with Crippen LogP contribution >= 0.6 is 15.9 Å². The highest BCUT2D eigenvalue weighted by molar-refractivity contribution is 9.10. The van der Waals surface area contributed by atoms with Crippen LogP contribution in [-0.4, -0.2) is 24.5 Å². The van der Waals surface area contributed by atoms with Gasteiger partial charge in [-0.05, 0) is 55.4 Å². The van der Waals surface area contributed by atoms with Crippen molar-refractivity contribution >= 4 is 33.9 Å². The second kappa shape index (κ2) is 8.87. The Labute approximate surface area is 145 Å². The summed E-state index contributed by atoms with van der Waals surface area (Å²) in [6.07, 6.45) is 7.28. The molecule has 0 radical (unpaired) electrons. The Morgan fingerprint density at radius 1 is 1.30 bits per heavy atom. The average Bonchev–Trinajstić information content (AvgIpc) is 2.53. The highest BCUT2D eigenvalue weighted by Crippen LogP contribution is 2.23. The summed E-state index contributed by atoms with van der Waals surface area (Å²) < 4.78 is 5.91. The molecule has 0 heterocycles. The number of nitrogens with one attached hydrogen (secondary N) is 1. The van der Waals surface area contributed by atoms with Crippen LogP contribution in [0.4, 0.5) is 0 Å². The number of carbonyl (C=O) groups excluding carboxylic acids is 2. The summed E-state index contributed by atoms with van der Waals surface area (Å²) >= 11 is 3.37. The molecule has 0 aromatic heterocycles. The third-order valence-electron chi connectivity index (χ3n) is 3.99. The summed E-state index contributed by atoms with van der Waals surface area (Å²) in [7, 11) is 0. The first-order valence-electron chi connectivity index (χ1n) is 7.92. The lowest BCUT2D eigenvalue weighted by Crippen LogP contribution is -2.39. The van der Waals surface area contributed by atoms with E-state index in [9.17, 15) is 9.59 Å². The summed E-state index contributed by atoms with van der Waals surface area (Å²) in [5, 5.41) is 2.93. The largest absolute Gasteiger partial charge is 0.452 e. The Bertz CT molecular complexity index is 577. The van der Waals surface area contributed by atoms with E-state index in [4.69, 9.17) is 4.74 Å². The van der Waals surface area contributed by atoms with Crippen molar-refractivity contribution in [2.24, 2.45) is 5.92 Å². The maximum atomic E-state index is 11.8. The molecule has 2 rings (SSSR count). The van der Waals surface area contributed by atoms with Crippen LogP contribution in [0, 0.1) is 5.92 Å². The zero-order valence-electron chi connectivity index (χ0n) is 13.3. The predicted molar refractivity (Wildman–Crippen MR) is 93.7 cm³/mol. The minimum Gasteiger partial charge on any atom is -0.452 e. The number of hydrogen-bond acceptors (Lipinski definition) is 3. The van der Waals surface area contributed by atoms with Crippen molar-refractivity contribution in [1.29, 1.82) is 0 Å². The monoisotopic (exact) mass is 379 g/mol. The molecular weight excluding hydrogens is 358 g/mol. The quantitative estimate of drug-likeness (QED) is 0.626. The smallest absolute Gasteiger partial charge is 0.331 e. The zero-order chi connectivity index (χ0) is 16.7. The van der Waals surface area contributed by atoms with E-state index in [1.807, 2.05) is 24.3 Å². The number of amides is 1. The van der Waals surface area contributed by atoms with E-state index in [1.54, 1.807) is 6.08 Å². The van der Waals surface area contributed by atoms with E-state index in [0.717, 1.165) is 41.6 Å². The Morgan fingerprint density at radius 3 is 2.74 bits per heavy atom. The number of hydrogen-bond donors (Lipinski definition) is 1. The summed E-state index contributed by atoms with van der Waals surface area (Å²) in [6, 6.07) is 7.78. The van der Waals surface area contributed by atoms with E-state index in [-0.39, 0.29) is 18.6 Å². The maximum absolute atomic E-state index is 11.8. The molecule has 4 nitrogen and oxygen atoms in total. The fourth-order valence-electron chi connectivity index (χ4n) is 2.63. The molecule has 124 valence electrons. The van der Waals surface area contributed by atoms with Crippen molar-refractivity contribution in [3.8, 4) is 0 Å². The van der Waals surface area contributed by atoms with Gasteiger partial charge in [-0.15, -0.1) is 0 Å². The summed E-state index contributed by atoms with van der Waals surface area (Å²) in [5.41, 5.74) is 0.886. The second-order valence-electron chi connectivity index (χ2n) is 6.02. The minimum atomic E-state index is -0.516. The Hall–Kier alpha value is -1.62. The first-order valence-corrected chi connectivity index (χ1v) is 8.72.